The van der Waals surface area contributed by atoms with E-state index in [2.05, 4.69) is 33.0 Å². The van der Waals surface area contributed by atoms with Gasteiger partial charge in [-0.05, 0) is 42.0 Å². The average Bonchev–Trinajstić information content (AvgIpc) is 2.73. The number of benzene rings is 1. The van der Waals surface area contributed by atoms with Gasteiger partial charge in [-0.1, -0.05) is 39.3 Å². The van der Waals surface area contributed by atoms with E-state index < -0.39 is 0 Å². The molecule has 0 aromatic heterocycles. The minimum absolute atomic E-state index is 0.263. The molecule has 0 radical (unpaired) electrons. The first kappa shape index (κ1) is 14.7. The van der Waals surface area contributed by atoms with E-state index in [1.807, 2.05) is 25.2 Å². The van der Waals surface area contributed by atoms with Crippen LogP contribution in [0, 0.1) is 16.7 Å². The molecule has 1 aliphatic rings. The summed E-state index contributed by atoms with van der Waals surface area (Å²) in [6.45, 7) is 9.33. The highest BCUT2D eigenvalue weighted by atomic mass is 35.5. The maximum Gasteiger partial charge on any atom is 0.123 e. The molecule has 19 heavy (non-hydrogen) atoms. The predicted octanol–water partition coefficient (Wildman–Crippen LogP) is 4.29. The predicted molar refractivity (Wildman–Crippen MR) is 80.9 cm³/mol. The summed E-state index contributed by atoms with van der Waals surface area (Å²) in [5.41, 5.74) is 1.78. The number of methoxy groups -OCH3 is 1. The van der Waals surface area contributed by atoms with Gasteiger partial charge in [-0.3, -0.25) is 0 Å². The molecule has 0 saturated heterocycles. The first-order valence-electron chi connectivity index (χ1n) is 6.78. The Morgan fingerprint density at radius 2 is 1.79 bits per heavy atom. The summed E-state index contributed by atoms with van der Waals surface area (Å²) in [5, 5.41) is 4.21. The summed E-state index contributed by atoms with van der Waals surface area (Å²) in [5.74, 6) is 1.47. The monoisotopic (exact) mass is 281 g/mol. The molecule has 1 atom stereocenters. The van der Waals surface area contributed by atoms with Crippen molar-refractivity contribution in [3.63, 3.8) is 0 Å². The maximum absolute atomic E-state index is 6.16. The van der Waals surface area contributed by atoms with E-state index >= 15 is 0 Å². The molecule has 1 N–H and O–H groups in total. The molecule has 1 aromatic carbocycles. The average molecular weight is 282 g/mol. The number of hydrogen-bond donors (Lipinski definition) is 1. The molecule has 0 bridgehead atoms. The van der Waals surface area contributed by atoms with Crippen molar-refractivity contribution >= 4 is 11.6 Å². The van der Waals surface area contributed by atoms with Crippen LogP contribution in [0.2, 0.25) is 5.02 Å². The van der Waals surface area contributed by atoms with Crippen molar-refractivity contribution in [1.82, 2.24) is 5.32 Å². The molecule has 0 spiro atoms. The van der Waals surface area contributed by atoms with Crippen molar-refractivity contribution in [1.29, 1.82) is 0 Å². The molecule has 1 aromatic rings. The third-order valence-electron chi connectivity index (χ3n) is 5.30. The van der Waals surface area contributed by atoms with Crippen LogP contribution in [0.15, 0.2) is 18.2 Å². The topological polar surface area (TPSA) is 21.3 Å². The normalized spacial score (nSPS) is 22.1. The van der Waals surface area contributed by atoms with Gasteiger partial charge in [0.05, 0.1) is 7.11 Å². The molecule has 106 valence electrons. The molecule has 1 aliphatic carbocycles. The van der Waals surface area contributed by atoms with Gasteiger partial charge in [0.15, 0.2) is 0 Å². The lowest BCUT2D eigenvalue weighted by Crippen LogP contribution is -2.22. The fourth-order valence-corrected chi connectivity index (χ4v) is 3.71. The second-order valence-electron chi connectivity index (χ2n) is 6.57. The van der Waals surface area contributed by atoms with Gasteiger partial charge >= 0.3 is 0 Å². The Morgan fingerprint density at radius 3 is 2.21 bits per heavy atom. The van der Waals surface area contributed by atoms with Crippen LogP contribution in [0.3, 0.4) is 0 Å². The van der Waals surface area contributed by atoms with Gasteiger partial charge in [0.2, 0.25) is 0 Å². The second-order valence-corrected chi connectivity index (χ2v) is 7.01. The molecule has 0 amide bonds. The van der Waals surface area contributed by atoms with Crippen LogP contribution >= 0.6 is 11.6 Å². The highest BCUT2D eigenvalue weighted by molar-refractivity contribution is 6.30. The highest BCUT2D eigenvalue weighted by Gasteiger charge is 2.67. The number of nitrogens with one attached hydrogen (secondary N) is 1. The van der Waals surface area contributed by atoms with Gasteiger partial charge < -0.3 is 10.1 Å². The van der Waals surface area contributed by atoms with Gasteiger partial charge in [-0.25, -0.2) is 0 Å². The van der Waals surface area contributed by atoms with Crippen molar-refractivity contribution in [2.24, 2.45) is 16.7 Å². The summed E-state index contributed by atoms with van der Waals surface area (Å²) in [4.78, 5) is 0. The zero-order valence-corrected chi connectivity index (χ0v) is 13.4. The minimum atomic E-state index is 0.263. The lowest BCUT2D eigenvalue weighted by molar-refractivity contribution is 0.381. The standard InChI is InChI=1S/C16H24ClNO/c1-15(2)14(16(15,3)4)13(18-5)11-9-10(17)7-8-12(11)19-6/h7-9,13-14,18H,1-6H3. The van der Waals surface area contributed by atoms with E-state index in [0.717, 1.165) is 16.3 Å². The number of rotatable bonds is 4. The Labute approximate surface area is 121 Å². The summed E-state index contributed by atoms with van der Waals surface area (Å²) in [6, 6.07) is 6.11. The van der Waals surface area contributed by atoms with Gasteiger partial charge in [-0.15, -0.1) is 0 Å². The van der Waals surface area contributed by atoms with Gasteiger partial charge in [0.25, 0.3) is 0 Å². The molecule has 2 nitrogen and oxygen atoms in total. The summed E-state index contributed by atoms with van der Waals surface area (Å²) < 4.78 is 5.50. The van der Waals surface area contributed by atoms with Crippen molar-refractivity contribution in [2.75, 3.05) is 14.2 Å². The van der Waals surface area contributed by atoms with E-state index in [0.29, 0.717) is 16.7 Å². The zero-order valence-electron chi connectivity index (χ0n) is 12.7. The zero-order chi connectivity index (χ0) is 14.4. The Kier molecular flexibility index (Phi) is 3.61. The van der Waals surface area contributed by atoms with Crippen molar-refractivity contribution in [2.45, 2.75) is 33.7 Å². The van der Waals surface area contributed by atoms with Crippen LogP contribution in [0.1, 0.15) is 39.3 Å². The highest BCUT2D eigenvalue weighted by Crippen LogP contribution is 2.72. The van der Waals surface area contributed by atoms with Crippen LogP contribution < -0.4 is 10.1 Å². The van der Waals surface area contributed by atoms with E-state index in [4.69, 9.17) is 16.3 Å². The summed E-state index contributed by atoms with van der Waals surface area (Å²) in [6.07, 6.45) is 0. The SMILES string of the molecule is CNC(c1cc(Cl)ccc1OC)C1C(C)(C)C1(C)C. The molecular weight excluding hydrogens is 258 g/mol. The molecule has 1 unspecified atom stereocenters. The summed E-state index contributed by atoms with van der Waals surface area (Å²) in [7, 11) is 3.72. The van der Waals surface area contributed by atoms with Crippen molar-refractivity contribution in [3.05, 3.63) is 28.8 Å². The molecule has 2 rings (SSSR count). The Balaban J connectivity index is 2.42. The first-order valence-corrected chi connectivity index (χ1v) is 7.16. The van der Waals surface area contributed by atoms with E-state index in [1.165, 1.54) is 0 Å². The molecule has 1 saturated carbocycles. The second kappa shape index (κ2) is 4.68. The third kappa shape index (κ3) is 2.15. The van der Waals surface area contributed by atoms with Crippen LogP contribution in [-0.2, 0) is 0 Å². The first-order chi connectivity index (χ1) is 8.77. The fourth-order valence-electron chi connectivity index (χ4n) is 3.53. The van der Waals surface area contributed by atoms with E-state index in [9.17, 15) is 0 Å². The van der Waals surface area contributed by atoms with Crippen LogP contribution in [0.5, 0.6) is 5.75 Å². The smallest absolute Gasteiger partial charge is 0.123 e. The van der Waals surface area contributed by atoms with Gasteiger partial charge in [0, 0.05) is 16.6 Å². The minimum Gasteiger partial charge on any atom is -0.496 e. The lowest BCUT2D eigenvalue weighted by Gasteiger charge is -2.22. The number of hydrogen-bond acceptors (Lipinski definition) is 2. The molecule has 0 heterocycles. The van der Waals surface area contributed by atoms with Crippen LogP contribution in [0.25, 0.3) is 0 Å². The molecule has 0 aliphatic heterocycles. The fraction of sp³-hybridized carbons (Fsp3) is 0.625. The Morgan fingerprint density at radius 1 is 1.21 bits per heavy atom. The largest absolute Gasteiger partial charge is 0.496 e. The Bertz CT molecular complexity index is 468. The maximum atomic E-state index is 6.16. The number of ether oxygens (including phenoxy) is 1. The van der Waals surface area contributed by atoms with Gasteiger partial charge in [0.1, 0.15) is 5.75 Å². The Hall–Kier alpha value is -0.730. The molecule has 1 fully saturated rings. The van der Waals surface area contributed by atoms with Crippen molar-refractivity contribution < 1.29 is 4.74 Å². The van der Waals surface area contributed by atoms with Crippen LogP contribution in [-0.4, -0.2) is 14.2 Å². The molecule has 3 heteroatoms. The van der Waals surface area contributed by atoms with Gasteiger partial charge in [-0.2, -0.15) is 0 Å². The van der Waals surface area contributed by atoms with E-state index in [-0.39, 0.29) is 6.04 Å². The number of halogens is 1. The summed E-state index contributed by atoms with van der Waals surface area (Å²) >= 11 is 6.16. The molecular formula is C16H24ClNO. The third-order valence-corrected chi connectivity index (χ3v) is 5.54. The van der Waals surface area contributed by atoms with Crippen molar-refractivity contribution in [3.8, 4) is 5.75 Å². The van der Waals surface area contributed by atoms with Crippen LogP contribution in [0.4, 0.5) is 0 Å². The quantitative estimate of drug-likeness (QED) is 0.889. The van der Waals surface area contributed by atoms with E-state index in [1.54, 1.807) is 7.11 Å². The lowest BCUT2D eigenvalue weighted by atomic mass is 9.96.